The molecule has 2 saturated carbocycles. The largest absolute Gasteiger partial charge is 0.481 e. The predicted octanol–water partition coefficient (Wildman–Crippen LogP) is 5.84. The normalized spacial score (nSPS) is 24.5. The first-order valence-corrected chi connectivity index (χ1v) is 13.0. The van der Waals surface area contributed by atoms with E-state index in [1.54, 1.807) is 7.11 Å². The summed E-state index contributed by atoms with van der Waals surface area (Å²) in [5.41, 5.74) is 0.617. The molecule has 7 nitrogen and oxygen atoms in total. The summed E-state index contributed by atoms with van der Waals surface area (Å²) in [4.78, 5) is 16.1. The minimum atomic E-state index is -0.809. The molecule has 0 amide bonds. The molecule has 0 spiro atoms. The standard InChI is InChI=1S/C26H45N3O4/c1-25(2,3)26(14-6-5-7-15-26)16-8-9-19(17-23(30)31)24-28-22(29-33-24)18-27-20-10-12-21(32-4)13-11-20/h19-21,27H,5-18H2,1-4H3,(H,30,31). The maximum absolute atomic E-state index is 11.5. The van der Waals surface area contributed by atoms with E-state index in [1.807, 2.05) is 0 Å². The Morgan fingerprint density at radius 3 is 2.52 bits per heavy atom. The molecule has 3 rings (SSSR count). The van der Waals surface area contributed by atoms with Gasteiger partial charge in [0.05, 0.1) is 19.1 Å². The first-order chi connectivity index (χ1) is 15.7. The second kappa shape index (κ2) is 11.8. The monoisotopic (exact) mass is 463 g/mol. The van der Waals surface area contributed by atoms with E-state index >= 15 is 0 Å². The van der Waals surface area contributed by atoms with Crippen molar-refractivity contribution in [3.63, 3.8) is 0 Å². The van der Waals surface area contributed by atoms with Crippen molar-refractivity contribution in [2.75, 3.05) is 7.11 Å². The summed E-state index contributed by atoms with van der Waals surface area (Å²) < 4.78 is 11.0. The molecule has 2 N–H and O–H groups in total. The van der Waals surface area contributed by atoms with Gasteiger partial charge in [-0.1, -0.05) is 51.6 Å². The second-order valence-electron chi connectivity index (χ2n) is 11.4. The van der Waals surface area contributed by atoms with E-state index in [0.29, 0.717) is 35.8 Å². The van der Waals surface area contributed by atoms with Crippen molar-refractivity contribution in [3.8, 4) is 0 Å². The Balaban J connectivity index is 1.54. The Morgan fingerprint density at radius 1 is 1.21 bits per heavy atom. The minimum absolute atomic E-state index is 0.0403. The lowest BCUT2D eigenvalue weighted by Crippen LogP contribution is -2.37. The number of aromatic nitrogens is 2. The highest BCUT2D eigenvalue weighted by Crippen LogP contribution is 2.53. The molecule has 2 fully saturated rings. The van der Waals surface area contributed by atoms with Crippen molar-refractivity contribution >= 4 is 5.97 Å². The fourth-order valence-electron chi connectivity index (χ4n) is 6.06. The smallest absolute Gasteiger partial charge is 0.304 e. The van der Waals surface area contributed by atoms with Crippen LogP contribution in [0.5, 0.6) is 0 Å². The van der Waals surface area contributed by atoms with E-state index in [-0.39, 0.29) is 17.8 Å². The molecule has 2 aliphatic carbocycles. The van der Waals surface area contributed by atoms with Crippen LogP contribution < -0.4 is 5.32 Å². The number of carboxylic acids is 1. The summed E-state index contributed by atoms with van der Waals surface area (Å²) in [6.45, 7) is 7.66. The lowest BCUT2D eigenvalue weighted by molar-refractivity contribution is -0.137. The summed E-state index contributed by atoms with van der Waals surface area (Å²) >= 11 is 0. The van der Waals surface area contributed by atoms with Crippen LogP contribution in [0.15, 0.2) is 4.52 Å². The maximum Gasteiger partial charge on any atom is 0.304 e. The quantitative estimate of drug-likeness (QED) is 0.425. The molecule has 1 heterocycles. The van der Waals surface area contributed by atoms with Crippen LogP contribution in [0.2, 0.25) is 0 Å². The number of hydrogen-bond acceptors (Lipinski definition) is 6. The molecule has 0 bridgehead atoms. The molecule has 1 aromatic heterocycles. The molecule has 1 atom stereocenters. The van der Waals surface area contributed by atoms with E-state index < -0.39 is 5.97 Å². The second-order valence-corrected chi connectivity index (χ2v) is 11.4. The molecular formula is C26H45N3O4. The summed E-state index contributed by atoms with van der Waals surface area (Å²) in [6, 6.07) is 0.442. The number of nitrogens with zero attached hydrogens (tertiary/aromatic N) is 2. The molecule has 1 aromatic rings. The zero-order valence-electron chi connectivity index (χ0n) is 21.2. The molecular weight excluding hydrogens is 418 g/mol. The van der Waals surface area contributed by atoms with Gasteiger partial charge in [0, 0.05) is 19.1 Å². The lowest BCUT2D eigenvalue weighted by atomic mass is 9.57. The molecule has 0 aromatic carbocycles. The number of ether oxygens (including phenoxy) is 1. The molecule has 0 saturated heterocycles. The van der Waals surface area contributed by atoms with Gasteiger partial charge in [0.15, 0.2) is 5.82 Å². The molecule has 1 unspecified atom stereocenters. The van der Waals surface area contributed by atoms with Crippen molar-refractivity contribution in [2.45, 2.75) is 129 Å². The third-order valence-corrected chi connectivity index (χ3v) is 8.42. The molecule has 7 heteroatoms. The van der Waals surface area contributed by atoms with Gasteiger partial charge in [-0.05, 0) is 62.2 Å². The van der Waals surface area contributed by atoms with Gasteiger partial charge in [0.2, 0.25) is 5.89 Å². The van der Waals surface area contributed by atoms with Crippen molar-refractivity contribution in [1.29, 1.82) is 0 Å². The van der Waals surface area contributed by atoms with E-state index in [9.17, 15) is 9.90 Å². The summed E-state index contributed by atoms with van der Waals surface area (Å²) in [5.74, 6) is 0.0657. The van der Waals surface area contributed by atoms with Crippen LogP contribution in [0.1, 0.15) is 122 Å². The summed E-state index contributed by atoms with van der Waals surface area (Å²) in [5, 5.41) is 17.2. The van der Waals surface area contributed by atoms with Gasteiger partial charge in [0.1, 0.15) is 0 Å². The molecule has 2 aliphatic rings. The highest BCUT2D eigenvalue weighted by atomic mass is 16.5. The average Bonchev–Trinajstić information content (AvgIpc) is 3.26. The van der Waals surface area contributed by atoms with Gasteiger partial charge < -0.3 is 19.7 Å². The Morgan fingerprint density at radius 2 is 1.91 bits per heavy atom. The van der Waals surface area contributed by atoms with Crippen LogP contribution >= 0.6 is 0 Å². The Kier molecular flexibility index (Phi) is 9.34. The average molecular weight is 464 g/mol. The van der Waals surface area contributed by atoms with Crippen molar-refractivity contribution in [1.82, 2.24) is 15.5 Å². The van der Waals surface area contributed by atoms with Crippen molar-refractivity contribution in [3.05, 3.63) is 11.7 Å². The topological polar surface area (TPSA) is 97.5 Å². The Bertz CT molecular complexity index is 728. The van der Waals surface area contributed by atoms with Crippen LogP contribution in [0.4, 0.5) is 0 Å². The number of hydrogen-bond donors (Lipinski definition) is 2. The van der Waals surface area contributed by atoms with Crippen LogP contribution in [0.3, 0.4) is 0 Å². The predicted molar refractivity (Wildman–Crippen MR) is 128 cm³/mol. The van der Waals surface area contributed by atoms with Crippen LogP contribution in [0, 0.1) is 10.8 Å². The first kappa shape index (κ1) is 26.1. The SMILES string of the molecule is COC1CCC(NCc2noc(C(CCCC3(C(C)(C)C)CCCCC3)CC(=O)O)n2)CC1. The molecule has 33 heavy (non-hydrogen) atoms. The van der Waals surface area contributed by atoms with Crippen molar-refractivity contribution < 1.29 is 19.2 Å². The highest BCUT2D eigenvalue weighted by Gasteiger charge is 2.42. The zero-order chi connectivity index (χ0) is 23.9. The number of nitrogens with one attached hydrogen (secondary N) is 1. The van der Waals surface area contributed by atoms with E-state index in [1.165, 1.54) is 32.1 Å². The van der Waals surface area contributed by atoms with Crippen LogP contribution in [-0.2, 0) is 16.1 Å². The van der Waals surface area contributed by atoms with Gasteiger partial charge in [-0.25, -0.2) is 0 Å². The number of aliphatic carboxylic acids is 1. The number of methoxy groups -OCH3 is 1. The van der Waals surface area contributed by atoms with Crippen LogP contribution in [0.25, 0.3) is 0 Å². The lowest BCUT2D eigenvalue weighted by Gasteiger charge is -2.48. The summed E-state index contributed by atoms with van der Waals surface area (Å²) in [6.07, 6.45) is 14.2. The zero-order valence-corrected chi connectivity index (χ0v) is 21.2. The fourth-order valence-corrected chi connectivity index (χ4v) is 6.06. The summed E-state index contributed by atoms with van der Waals surface area (Å²) in [7, 11) is 1.78. The van der Waals surface area contributed by atoms with Gasteiger partial charge in [0.25, 0.3) is 0 Å². The Labute approximate surface area is 199 Å². The third kappa shape index (κ3) is 7.25. The molecule has 0 aliphatic heterocycles. The fraction of sp³-hybridized carbons (Fsp3) is 0.885. The van der Waals surface area contributed by atoms with Gasteiger partial charge >= 0.3 is 5.97 Å². The third-order valence-electron chi connectivity index (χ3n) is 8.42. The molecule has 0 radical (unpaired) electrons. The molecule has 188 valence electrons. The van der Waals surface area contributed by atoms with E-state index in [2.05, 4.69) is 36.2 Å². The van der Waals surface area contributed by atoms with E-state index in [0.717, 1.165) is 44.9 Å². The van der Waals surface area contributed by atoms with Crippen molar-refractivity contribution in [2.24, 2.45) is 10.8 Å². The van der Waals surface area contributed by atoms with Crippen LogP contribution in [-0.4, -0.2) is 40.5 Å². The maximum atomic E-state index is 11.5. The number of carboxylic acid groups (broad SMARTS) is 1. The highest BCUT2D eigenvalue weighted by molar-refractivity contribution is 5.67. The van der Waals surface area contributed by atoms with Gasteiger partial charge in [-0.15, -0.1) is 0 Å². The van der Waals surface area contributed by atoms with Gasteiger partial charge in [-0.3, -0.25) is 4.79 Å². The Hall–Kier alpha value is -1.47. The first-order valence-electron chi connectivity index (χ1n) is 13.0. The van der Waals surface area contributed by atoms with E-state index in [4.69, 9.17) is 9.26 Å². The minimum Gasteiger partial charge on any atom is -0.481 e. The number of rotatable bonds is 11. The van der Waals surface area contributed by atoms with Gasteiger partial charge in [-0.2, -0.15) is 4.98 Å². The number of carbonyl (C=O) groups is 1.